The highest BCUT2D eigenvalue weighted by atomic mass is 16.5. The van der Waals surface area contributed by atoms with Crippen molar-refractivity contribution in [3.8, 4) is 0 Å². The molecule has 0 bridgehead atoms. The number of carbonyl (C=O) groups is 1. The average molecular weight is 171 g/mol. The lowest BCUT2D eigenvalue weighted by Crippen LogP contribution is -2.49. The molecular weight excluding hydrogens is 154 g/mol. The van der Waals surface area contributed by atoms with Crippen LogP contribution in [-0.4, -0.2) is 25.2 Å². The molecule has 1 N–H and O–H groups in total. The molecule has 70 valence electrons. The number of hydrogen-bond acceptors (Lipinski definition) is 2. The van der Waals surface area contributed by atoms with E-state index in [0.717, 1.165) is 19.6 Å². The molecule has 1 atom stereocenters. The maximum absolute atomic E-state index is 10.8. The molecule has 0 radical (unpaired) electrons. The van der Waals surface area contributed by atoms with E-state index in [1.807, 2.05) is 0 Å². The van der Waals surface area contributed by atoms with Crippen molar-refractivity contribution < 1.29 is 9.53 Å². The lowest BCUT2D eigenvalue weighted by molar-refractivity contribution is -0.122. The highest BCUT2D eigenvalue weighted by molar-refractivity contribution is 5.73. The molecule has 1 saturated heterocycles. The second-order valence-corrected chi connectivity index (χ2v) is 4.08. The van der Waals surface area contributed by atoms with Gasteiger partial charge >= 0.3 is 0 Å². The van der Waals surface area contributed by atoms with E-state index in [1.54, 1.807) is 6.92 Å². The lowest BCUT2D eigenvalue weighted by Gasteiger charge is -2.38. The maximum atomic E-state index is 10.8. The van der Waals surface area contributed by atoms with E-state index in [4.69, 9.17) is 4.74 Å². The largest absolute Gasteiger partial charge is 0.381 e. The number of carbonyl (C=O) groups excluding carboxylic acids is 1. The molecule has 12 heavy (non-hydrogen) atoms. The molecule has 1 aliphatic rings. The number of nitrogens with one attached hydrogen (secondary N) is 1. The monoisotopic (exact) mass is 171 g/mol. The summed E-state index contributed by atoms with van der Waals surface area (Å²) in [4.78, 5) is 10.8. The van der Waals surface area contributed by atoms with Gasteiger partial charge in [-0.25, -0.2) is 0 Å². The molecule has 1 unspecified atom stereocenters. The Balaban J connectivity index is 2.54. The minimum atomic E-state index is 0.0509. The van der Waals surface area contributed by atoms with Gasteiger partial charge in [-0.1, -0.05) is 13.8 Å². The molecule has 1 amide bonds. The van der Waals surface area contributed by atoms with Crippen molar-refractivity contribution in [2.24, 2.45) is 5.41 Å². The number of rotatable bonds is 1. The van der Waals surface area contributed by atoms with Gasteiger partial charge in [0.1, 0.15) is 0 Å². The van der Waals surface area contributed by atoms with Crippen molar-refractivity contribution in [3.63, 3.8) is 0 Å². The predicted molar refractivity (Wildman–Crippen MR) is 46.8 cm³/mol. The summed E-state index contributed by atoms with van der Waals surface area (Å²) in [6, 6.07) is 0.267. The highest BCUT2D eigenvalue weighted by Crippen LogP contribution is 2.27. The average Bonchev–Trinajstić information content (AvgIpc) is 1.92. The Morgan fingerprint density at radius 3 is 2.75 bits per heavy atom. The van der Waals surface area contributed by atoms with Gasteiger partial charge in [-0.2, -0.15) is 0 Å². The fourth-order valence-electron chi connectivity index (χ4n) is 1.54. The van der Waals surface area contributed by atoms with Crippen LogP contribution in [0.2, 0.25) is 0 Å². The van der Waals surface area contributed by atoms with Gasteiger partial charge in [-0.3, -0.25) is 4.79 Å². The second kappa shape index (κ2) is 3.44. The van der Waals surface area contributed by atoms with Crippen LogP contribution in [0.25, 0.3) is 0 Å². The summed E-state index contributed by atoms with van der Waals surface area (Å²) >= 11 is 0. The molecule has 1 fully saturated rings. The summed E-state index contributed by atoms with van der Waals surface area (Å²) in [6.07, 6.45) is 0.923. The second-order valence-electron chi connectivity index (χ2n) is 4.08. The van der Waals surface area contributed by atoms with Crippen LogP contribution >= 0.6 is 0 Å². The van der Waals surface area contributed by atoms with Gasteiger partial charge in [-0.05, 0) is 6.42 Å². The van der Waals surface area contributed by atoms with Crippen LogP contribution in [-0.2, 0) is 9.53 Å². The first-order valence-corrected chi connectivity index (χ1v) is 4.37. The van der Waals surface area contributed by atoms with Gasteiger partial charge in [0, 0.05) is 25.0 Å². The Bertz CT molecular complexity index is 177. The SMILES string of the molecule is CC(=O)NC1CCOCC1(C)C. The van der Waals surface area contributed by atoms with Gasteiger partial charge in [-0.15, -0.1) is 0 Å². The molecule has 0 aromatic heterocycles. The van der Waals surface area contributed by atoms with Crippen LogP contribution in [0.1, 0.15) is 27.2 Å². The Kier molecular flexibility index (Phi) is 2.73. The Hall–Kier alpha value is -0.570. The molecule has 0 aliphatic carbocycles. The smallest absolute Gasteiger partial charge is 0.217 e. The summed E-state index contributed by atoms with van der Waals surface area (Å²) in [5, 5.41) is 2.95. The molecule has 1 aliphatic heterocycles. The fourth-order valence-corrected chi connectivity index (χ4v) is 1.54. The highest BCUT2D eigenvalue weighted by Gasteiger charge is 2.33. The fraction of sp³-hybridized carbons (Fsp3) is 0.889. The summed E-state index contributed by atoms with van der Waals surface area (Å²) in [7, 11) is 0. The third-order valence-corrected chi connectivity index (χ3v) is 2.35. The molecule has 1 heterocycles. The lowest BCUT2D eigenvalue weighted by atomic mass is 9.82. The van der Waals surface area contributed by atoms with E-state index < -0.39 is 0 Å². The van der Waals surface area contributed by atoms with E-state index in [-0.39, 0.29) is 17.4 Å². The first kappa shape index (κ1) is 9.52. The van der Waals surface area contributed by atoms with Crippen molar-refractivity contribution >= 4 is 5.91 Å². The standard InChI is InChI=1S/C9H17NO2/c1-7(11)10-8-4-5-12-6-9(8,2)3/h8H,4-6H2,1-3H3,(H,10,11). The third kappa shape index (κ3) is 2.21. The summed E-state index contributed by atoms with van der Waals surface area (Å²) in [6.45, 7) is 7.29. The summed E-state index contributed by atoms with van der Waals surface area (Å²) in [5.41, 5.74) is 0.0733. The van der Waals surface area contributed by atoms with Crippen LogP contribution in [0.5, 0.6) is 0 Å². The van der Waals surface area contributed by atoms with Gasteiger partial charge in [0.05, 0.1) is 6.61 Å². The van der Waals surface area contributed by atoms with Crippen molar-refractivity contribution in [2.75, 3.05) is 13.2 Å². The van der Waals surface area contributed by atoms with Gasteiger partial charge < -0.3 is 10.1 Å². The van der Waals surface area contributed by atoms with Crippen molar-refractivity contribution in [2.45, 2.75) is 33.2 Å². The van der Waals surface area contributed by atoms with Gasteiger partial charge in [0.2, 0.25) is 5.91 Å². The summed E-state index contributed by atoms with van der Waals surface area (Å²) < 4.78 is 5.35. The van der Waals surface area contributed by atoms with Crippen LogP contribution < -0.4 is 5.32 Å². The third-order valence-electron chi connectivity index (χ3n) is 2.35. The van der Waals surface area contributed by atoms with E-state index in [2.05, 4.69) is 19.2 Å². The number of hydrogen-bond donors (Lipinski definition) is 1. The minimum absolute atomic E-state index is 0.0509. The summed E-state index contributed by atoms with van der Waals surface area (Å²) in [5.74, 6) is 0.0509. The van der Waals surface area contributed by atoms with Gasteiger partial charge in [0.25, 0.3) is 0 Å². The zero-order chi connectivity index (χ0) is 9.19. The zero-order valence-electron chi connectivity index (χ0n) is 8.02. The maximum Gasteiger partial charge on any atom is 0.217 e. The van der Waals surface area contributed by atoms with E-state index in [0.29, 0.717) is 0 Å². The molecular formula is C9H17NO2. The molecule has 0 saturated carbocycles. The topological polar surface area (TPSA) is 38.3 Å². The van der Waals surface area contributed by atoms with Crippen LogP contribution in [0.15, 0.2) is 0 Å². The van der Waals surface area contributed by atoms with Gasteiger partial charge in [0.15, 0.2) is 0 Å². The molecule has 0 aromatic rings. The van der Waals surface area contributed by atoms with Crippen LogP contribution in [0.3, 0.4) is 0 Å². The minimum Gasteiger partial charge on any atom is -0.381 e. The molecule has 3 nitrogen and oxygen atoms in total. The zero-order valence-corrected chi connectivity index (χ0v) is 8.02. The first-order chi connectivity index (χ1) is 5.52. The Morgan fingerprint density at radius 1 is 1.58 bits per heavy atom. The Morgan fingerprint density at radius 2 is 2.25 bits per heavy atom. The molecule has 0 aromatic carbocycles. The molecule has 3 heteroatoms. The van der Waals surface area contributed by atoms with Crippen LogP contribution in [0.4, 0.5) is 0 Å². The Labute approximate surface area is 73.5 Å². The van der Waals surface area contributed by atoms with E-state index >= 15 is 0 Å². The first-order valence-electron chi connectivity index (χ1n) is 4.37. The molecule has 1 rings (SSSR count). The van der Waals surface area contributed by atoms with Crippen molar-refractivity contribution in [1.29, 1.82) is 0 Å². The van der Waals surface area contributed by atoms with Crippen molar-refractivity contribution in [1.82, 2.24) is 5.32 Å². The quantitative estimate of drug-likeness (QED) is 0.637. The van der Waals surface area contributed by atoms with E-state index in [9.17, 15) is 4.79 Å². The number of amides is 1. The predicted octanol–water partition coefficient (Wildman–Crippen LogP) is 0.938. The van der Waals surface area contributed by atoms with E-state index in [1.165, 1.54) is 0 Å². The normalized spacial score (nSPS) is 28.1. The molecule has 0 spiro atoms. The van der Waals surface area contributed by atoms with Crippen LogP contribution in [0, 0.1) is 5.41 Å². The van der Waals surface area contributed by atoms with Crippen molar-refractivity contribution in [3.05, 3.63) is 0 Å². The number of ether oxygens (including phenoxy) is 1.